The van der Waals surface area contributed by atoms with Gasteiger partial charge in [-0.2, -0.15) is 0 Å². The highest BCUT2D eigenvalue weighted by Gasteiger charge is 2.17. The zero-order valence-corrected chi connectivity index (χ0v) is 15.2. The number of halogens is 1. The van der Waals surface area contributed by atoms with E-state index in [1.165, 1.54) is 24.3 Å². The van der Waals surface area contributed by atoms with Crippen LogP contribution >= 0.6 is 0 Å². The Kier molecular flexibility index (Phi) is 5.86. The molecule has 2 aromatic carbocycles. The first-order valence-corrected chi connectivity index (χ1v) is 8.82. The Bertz CT molecular complexity index is 928. The van der Waals surface area contributed by atoms with Gasteiger partial charge >= 0.3 is 0 Å². The highest BCUT2D eigenvalue weighted by molar-refractivity contribution is 6.04. The van der Waals surface area contributed by atoms with Crippen molar-refractivity contribution < 1.29 is 18.7 Å². The summed E-state index contributed by atoms with van der Waals surface area (Å²) in [6, 6.07) is 12.8. The number of fused-ring (bicyclic) bond motifs is 1. The SMILES string of the molecule is CCCOc1ccc(NC(=O)C(C)Oc2ccc(F)cc2)c2cccnc12. The molecule has 1 aromatic heterocycles. The van der Waals surface area contributed by atoms with Crippen LogP contribution in [-0.2, 0) is 4.79 Å². The lowest BCUT2D eigenvalue weighted by atomic mass is 10.1. The number of carbonyl (C=O) groups is 1. The van der Waals surface area contributed by atoms with Gasteiger partial charge in [-0.3, -0.25) is 9.78 Å². The zero-order chi connectivity index (χ0) is 19.2. The van der Waals surface area contributed by atoms with Crippen LogP contribution in [0, 0.1) is 5.82 Å². The molecule has 0 radical (unpaired) electrons. The van der Waals surface area contributed by atoms with Crippen LogP contribution in [0.2, 0.25) is 0 Å². The van der Waals surface area contributed by atoms with Gasteiger partial charge in [-0.1, -0.05) is 6.92 Å². The van der Waals surface area contributed by atoms with E-state index in [2.05, 4.69) is 10.3 Å². The molecule has 5 nitrogen and oxygen atoms in total. The summed E-state index contributed by atoms with van der Waals surface area (Å²) >= 11 is 0. The van der Waals surface area contributed by atoms with E-state index in [9.17, 15) is 9.18 Å². The number of carbonyl (C=O) groups excluding carboxylic acids is 1. The molecule has 1 unspecified atom stereocenters. The normalized spacial score (nSPS) is 11.8. The van der Waals surface area contributed by atoms with Crippen molar-refractivity contribution in [3.05, 3.63) is 60.5 Å². The van der Waals surface area contributed by atoms with Gasteiger partial charge in [0.25, 0.3) is 5.91 Å². The molecule has 0 bridgehead atoms. The molecular formula is C21H21FN2O3. The molecule has 1 amide bonds. The fourth-order valence-electron chi connectivity index (χ4n) is 2.59. The molecule has 0 fully saturated rings. The topological polar surface area (TPSA) is 60.5 Å². The van der Waals surface area contributed by atoms with E-state index in [4.69, 9.17) is 9.47 Å². The largest absolute Gasteiger partial charge is 0.491 e. The Morgan fingerprint density at radius 2 is 1.96 bits per heavy atom. The molecule has 1 N–H and O–H groups in total. The number of benzene rings is 2. The fourth-order valence-corrected chi connectivity index (χ4v) is 2.59. The lowest BCUT2D eigenvalue weighted by Gasteiger charge is -2.16. The maximum Gasteiger partial charge on any atom is 0.265 e. The van der Waals surface area contributed by atoms with Gasteiger partial charge in [0.15, 0.2) is 6.10 Å². The quantitative estimate of drug-likeness (QED) is 0.664. The highest BCUT2D eigenvalue weighted by Crippen LogP contribution is 2.30. The lowest BCUT2D eigenvalue weighted by molar-refractivity contribution is -0.122. The predicted molar refractivity (Wildman–Crippen MR) is 103 cm³/mol. The smallest absolute Gasteiger partial charge is 0.265 e. The number of ether oxygens (including phenoxy) is 2. The maximum atomic E-state index is 13.0. The molecule has 140 valence electrons. The van der Waals surface area contributed by atoms with Crippen molar-refractivity contribution in [2.75, 3.05) is 11.9 Å². The van der Waals surface area contributed by atoms with Crippen LogP contribution in [0.15, 0.2) is 54.7 Å². The molecule has 3 aromatic rings. The van der Waals surface area contributed by atoms with Crippen LogP contribution in [0.25, 0.3) is 10.9 Å². The van der Waals surface area contributed by atoms with Gasteiger partial charge in [-0.05, 0) is 61.9 Å². The predicted octanol–water partition coefficient (Wildman–Crippen LogP) is 4.57. The van der Waals surface area contributed by atoms with Gasteiger partial charge in [0, 0.05) is 11.6 Å². The number of hydrogen-bond donors (Lipinski definition) is 1. The summed E-state index contributed by atoms with van der Waals surface area (Å²) < 4.78 is 24.3. The third-order valence-electron chi connectivity index (χ3n) is 3.95. The molecule has 27 heavy (non-hydrogen) atoms. The minimum absolute atomic E-state index is 0.313. The molecule has 0 saturated carbocycles. The Labute approximate surface area is 157 Å². The van der Waals surface area contributed by atoms with Crippen molar-refractivity contribution in [1.29, 1.82) is 0 Å². The summed E-state index contributed by atoms with van der Waals surface area (Å²) in [6.45, 7) is 4.27. The summed E-state index contributed by atoms with van der Waals surface area (Å²) in [7, 11) is 0. The summed E-state index contributed by atoms with van der Waals surface area (Å²) in [5.74, 6) is 0.436. The van der Waals surface area contributed by atoms with E-state index >= 15 is 0 Å². The Balaban J connectivity index is 1.77. The number of hydrogen-bond acceptors (Lipinski definition) is 4. The number of anilines is 1. The first kappa shape index (κ1) is 18.6. The average molecular weight is 368 g/mol. The molecule has 1 atom stereocenters. The van der Waals surface area contributed by atoms with Crippen molar-refractivity contribution >= 4 is 22.5 Å². The minimum atomic E-state index is -0.752. The highest BCUT2D eigenvalue weighted by atomic mass is 19.1. The molecule has 0 aliphatic rings. The van der Waals surface area contributed by atoms with E-state index < -0.39 is 6.10 Å². The van der Waals surface area contributed by atoms with E-state index in [0.717, 1.165) is 11.8 Å². The summed E-state index contributed by atoms with van der Waals surface area (Å²) in [6.07, 6.45) is 1.83. The molecule has 0 aliphatic carbocycles. The number of nitrogens with one attached hydrogen (secondary N) is 1. The molecule has 0 spiro atoms. The van der Waals surface area contributed by atoms with Crippen molar-refractivity contribution in [3.8, 4) is 11.5 Å². The van der Waals surface area contributed by atoms with Crippen molar-refractivity contribution in [2.24, 2.45) is 0 Å². The van der Waals surface area contributed by atoms with Crippen LogP contribution in [0.1, 0.15) is 20.3 Å². The lowest BCUT2D eigenvalue weighted by Crippen LogP contribution is -2.30. The second kappa shape index (κ2) is 8.49. The fraction of sp³-hybridized carbons (Fsp3) is 0.238. The van der Waals surface area contributed by atoms with Crippen LogP contribution in [-0.4, -0.2) is 23.6 Å². The maximum absolute atomic E-state index is 13.0. The Hall–Kier alpha value is -3.15. The van der Waals surface area contributed by atoms with Crippen molar-refractivity contribution in [3.63, 3.8) is 0 Å². The van der Waals surface area contributed by atoms with Crippen LogP contribution in [0.4, 0.5) is 10.1 Å². The van der Waals surface area contributed by atoms with E-state index in [-0.39, 0.29) is 11.7 Å². The third kappa shape index (κ3) is 4.53. The van der Waals surface area contributed by atoms with Crippen LogP contribution in [0.3, 0.4) is 0 Å². The van der Waals surface area contributed by atoms with Crippen molar-refractivity contribution in [1.82, 2.24) is 4.98 Å². The Morgan fingerprint density at radius 3 is 2.70 bits per heavy atom. The van der Waals surface area contributed by atoms with Crippen LogP contribution in [0.5, 0.6) is 11.5 Å². The van der Waals surface area contributed by atoms with Gasteiger partial charge in [0.1, 0.15) is 22.8 Å². The molecular weight excluding hydrogens is 347 g/mol. The van der Waals surface area contributed by atoms with Gasteiger partial charge in [0.05, 0.1) is 12.3 Å². The second-order valence-corrected chi connectivity index (χ2v) is 6.06. The molecule has 0 aliphatic heterocycles. The monoisotopic (exact) mass is 368 g/mol. The molecule has 1 heterocycles. The van der Waals surface area contributed by atoms with E-state index in [1.807, 2.05) is 13.0 Å². The number of rotatable bonds is 7. The van der Waals surface area contributed by atoms with Gasteiger partial charge < -0.3 is 14.8 Å². The zero-order valence-electron chi connectivity index (χ0n) is 15.2. The first-order chi connectivity index (χ1) is 13.1. The molecule has 6 heteroatoms. The van der Waals surface area contributed by atoms with Crippen molar-refractivity contribution in [2.45, 2.75) is 26.4 Å². The second-order valence-electron chi connectivity index (χ2n) is 6.06. The average Bonchev–Trinajstić information content (AvgIpc) is 2.69. The van der Waals surface area contributed by atoms with E-state index in [1.54, 1.807) is 31.3 Å². The number of aromatic nitrogens is 1. The molecule has 3 rings (SSSR count). The van der Waals surface area contributed by atoms with Gasteiger partial charge in [0.2, 0.25) is 0 Å². The first-order valence-electron chi connectivity index (χ1n) is 8.82. The Morgan fingerprint density at radius 1 is 1.19 bits per heavy atom. The third-order valence-corrected chi connectivity index (χ3v) is 3.95. The molecule has 0 saturated heterocycles. The standard InChI is InChI=1S/C21H21FN2O3/c1-3-13-26-19-11-10-18(17-5-4-12-23-20(17)19)24-21(25)14(2)27-16-8-6-15(22)7-9-16/h4-12,14H,3,13H2,1-2H3,(H,24,25). The summed E-state index contributed by atoms with van der Waals surface area (Å²) in [4.78, 5) is 16.9. The summed E-state index contributed by atoms with van der Waals surface area (Å²) in [5.41, 5.74) is 1.32. The van der Waals surface area contributed by atoms with E-state index in [0.29, 0.717) is 29.3 Å². The number of amides is 1. The minimum Gasteiger partial charge on any atom is -0.491 e. The van der Waals surface area contributed by atoms with Gasteiger partial charge in [-0.15, -0.1) is 0 Å². The van der Waals surface area contributed by atoms with Crippen LogP contribution < -0.4 is 14.8 Å². The summed E-state index contributed by atoms with van der Waals surface area (Å²) in [5, 5.41) is 3.65. The number of nitrogens with zero attached hydrogens (tertiary/aromatic N) is 1. The van der Waals surface area contributed by atoms with Gasteiger partial charge in [-0.25, -0.2) is 4.39 Å². The number of pyridine rings is 1.